The van der Waals surface area contributed by atoms with Crippen LogP contribution in [0.25, 0.3) is 0 Å². The topological polar surface area (TPSA) is 63.5 Å². The molecule has 1 aliphatic rings. The Labute approximate surface area is 113 Å². The summed E-state index contributed by atoms with van der Waals surface area (Å²) in [5.41, 5.74) is 1.08. The summed E-state index contributed by atoms with van der Waals surface area (Å²) in [6.45, 7) is 4.28. The van der Waals surface area contributed by atoms with Crippen molar-refractivity contribution < 1.29 is 17.9 Å². The molecule has 1 heterocycles. The lowest BCUT2D eigenvalue weighted by atomic mass is 10.0. The molecule has 19 heavy (non-hydrogen) atoms. The Morgan fingerprint density at radius 1 is 1.32 bits per heavy atom. The van der Waals surface area contributed by atoms with Gasteiger partial charge in [-0.2, -0.15) is 4.31 Å². The van der Waals surface area contributed by atoms with Crippen molar-refractivity contribution in [3.8, 4) is 0 Å². The predicted molar refractivity (Wildman–Crippen MR) is 70.2 cm³/mol. The van der Waals surface area contributed by atoms with E-state index in [1.165, 1.54) is 7.11 Å². The van der Waals surface area contributed by atoms with Gasteiger partial charge >= 0.3 is 5.97 Å². The molecule has 0 bridgehead atoms. The van der Waals surface area contributed by atoms with Crippen LogP contribution >= 0.6 is 0 Å². The first-order valence-electron chi connectivity index (χ1n) is 6.07. The van der Waals surface area contributed by atoms with Crippen LogP contribution in [0.1, 0.15) is 25.3 Å². The fraction of sp³-hybridized carbons (Fsp3) is 0.462. The van der Waals surface area contributed by atoms with E-state index in [9.17, 15) is 13.2 Å². The molecule has 0 aliphatic carbocycles. The fourth-order valence-corrected chi connectivity index (χ4v) is 3.39. The van der Waals surface area contributed by atoms with Gasteiger partial charge in [0.25, 0.3) is 0 Å². The number of carbonyl (C=O) groups excluding carboxylic acids is 1. The van der Waals surface area contributed by atoms with Gasteiger partial charge in [0.05, 0.1) is 12.0 Å². The second kappa shape index (κ2) is 4.94. The van der Waals surface area contributed by atoms with E-state index in [-0.39, 0.29) is 11.4 Å². The van der Waals surface area contributed by atoms with Gasteiger partial charge in [0.15, 0.2) is 0 Å². The summed E-state index contributed by atoms with van der Waals surface area (Å²) in [7, 11) is -2.33. The first kappa shape index (κ1) is 14.0. The molecule has 104 valence electrons. The third-order valence-corrected chi connectivity index (χ3v) is 5.08. The van der Waals surface area contributed by atoms with Crippen molar-refractivity contribution in [2.24, 2.45) is 0 Å². The molecule has 0 N–H and O–H groups in total. The highest BCUT2D eigenvalue weighted by atomic mass is 32.2. The Kier molecular flexibility index (Phi) is 3.64. The summed E-state index contributed by atoms with van der Waals surface area (Å²) in [6, 6.07) is 6.09. The summed E-state index contributed by atoms with van der Waals surface area (Å²) >= 11 is 0. The van der Waals surface area contributed by atoms with Gasteiger partial charge in [0, 0.05) is 6.54 Å². The third-order valence-electron chi connectivity index (χ3n) is 3.19. The first-order chi connectivity index (χ1) is 8.87. The molecular weight excluding hydrogens is 266 g/mol. The molecule has 1 saturated heterocycles. The van der Waals surface area contributed by atoms with Crippen molar-refractivity contribution in [1.29, 1.82) is 0 Å². The molecule has 0 spiro atoms. The number of carbonyl (C=O) groups is 1. The van der Waals surface area contributed by atoms with E-state index in [4.69, 9.17) is 0 Å². The number of methoxy groups -OCH3 is 1. The summed E-state index contributed by atoms with van der Waals surface area (Å²) < 4.78 is 30.1. The van der Waals surface area contributed by atoms with Crippen molar-refractivity contribution in [1.82, 2.24) is 4.31 Å². The number of nitrogens with zero attached hydrogens (tertiary/aromatic N) is 1. The molecule has 2 unspecified atom stereocenters. The zero-order chi connectivity index (χ0) is 14.2. The van der Waals surface area contributed by atoms with Gasteiger partial charge in [0.1, 0.15) is 6.04 Å². The highest BCUT2D eigenvalue weighted by molar-refractivity contribution is 7.89. The zero-order valence-corrected chi connectivity index (χ0v) is 12.0. The van der Waals surface area contributed by atoms with Gasteiger partial charge in [0.2, 0.25) is 10.0 Å². The van der Waals surface area contributed by atoms with E-state index in [1.807, 2.05) is 13.8 Å². The number of hydrogen-bond acceptors (Lipinski definition) is 4. The van der Waals surface area contributed by atoms with Crippen LogP contribution in [0, 0.1) is 0 Å². The van der Waals surface area contributed by atoms with Gasteiger partial charge in [-0.15, -0.1) is 0 Å². The lowest BCUT2D eigenvalue weighted by Crippen LogP contribution is -2.20. The molecule has 2 rings (SSSR count). The Morgan fingerprint density at radius 3 is 2.37 bits per heavy atom. The second-order valence-corrected chi connectivity index (χ2v) is 6.73. The van der Waals surface area contributed by atoms with Crippen LogP contribution < -0.4 is 0 Å². The van der Waals surface area contributed by atoms with Crippen LogP contribution in [0.2, 0.25) is 0 Å². The number of ether oxygens (including phenoxy) is 1. The van der Waals surface area contributed by atoms with Crippen molar-refractivity contribution in [2.75, 3.05) is 13.7 Å². The van der Waals surface area contributed by atoms with Crippen LogP contribution in [-0.4, -0.2) is 38.4 Å². The minimum atomic E-state index is -3.58. The number of hydrogen-bond donors (Lipinski definition) is 0. The van der Waals surface area contributed by atoms with Gasteiger partial charge in [-0.3, -0.25) is 4.79 Å². The maximum Gasteiger partial charge on any atom is 0.325 e. The molecule has 1 aliphatic heterocycles. The average molecular weight is 283 g/mol. The quantitative estimate of drug-likeness (QED) is 0.618. The number of benzene rings is 1. The fourth-order valence-electron chi connectivity index (χ4n) is 1.88. The maximum absolute atomic E-state index is 12.2. The molecular formula is C13H17NO4S. The number of rotatable bonds is 4. The minimum Gasteiger partial charge on any atom is -0.468 e. The van der Waals surface area contributed by atoms with E-state index >= 15 is 0 Å². The highest BCUT2D eigenvalue weighted by Crippen LogP contribution is 2.29. The lowest BCUT2D eigenvalue weighted by Gasteiger charge is -2.08. The van der Waals surface area contributed by atoms with Gasteiger partial charge in [-0.25, -0.2) is 8.42 Å². The maximum atomic E-state index is 12.2. The Balaban J connectivity index is 2.20. The molecule has 0 aromatic heterocycles. The minimum absolute atomic E-state index is 0.195. The number of esters is 1. The zero-order valence-electron chi connectivity index (χ0n) is 11.2. The Bertz CT molecular complexity index is 577. The molecule has 0 radical (unpaired) electrons. The van der Waals surface area contributed by atoms with Crippen LogP contribution in [0.4, 0.5) is 0 Å². The Hall–Kier alpha value is -1.40. The molecule has 0 saturated carbocycles. The summed E-state index contributed by atoms with van der Waals surface area (Å²) in [6.07, 6.45) is 0. The smallest absolute Gasteiger partial charge is 0.325 e. The molecule has 0 amide bonds. The molecule has 5 nitrogen and oxygen atoms in total. The highest BCUT2D eigenvalue weighted by Gasteiger charge is 2.50. The SMILES string of the molecule is COC(=O)C1CN1S(=O)(=O)c1ccc(C(C)C)cc1. The van der Waals surface area contributed by atoms with E-state index in [0.29, 0.717) is 5.92 Å². The molecule has 2 atom stereocenters. The standard InChI is InChI=1S/C13H17NO4S/c1-9(2)10-4-6-11(7-5-10)19(16,17)14-8-12(14)13(15)18-3/h4-7,9,12H,8H2,1-3H3. The monoisotopic (exact) mass is 283 g/mol. The average Bonchev–Trinajstić information content (AvgIpc) is 3.18. The van der Waals surface area contributed by atoms with Gasteiger partial charge in [-0.1, -0.05) is 26.0 Å². The Morgan fingerprint density at radius 2 is 1.89 bits per heavy atom. The molecule has 1 fully saturated rings. The molecule has 1 aromatic carbocycles. The van der Waals surface area contributed by atoms with E-state index in [2.05, 4.69) is 4.74 Å². The largest absolute Gasteiger partial charge is 0.468 e. The third kappa shape index (κ3) is 2.64. The molecule has 6 heteroatoms. The van der Waals surface area contributed by atoms with Crippen LogP contribution in [-0.2, 0) is 19.6 Å². The summed E-state index contributed by atoms with van der Waals surface area (Å²) in [5.74, 6) is -0.164. The second-order valence-electron chi connectivity index (χ2n) is 4.84. The van der Waals surface area contributed by atoms with Gasteiger partial charge in [-0.05, 0) is 23.6 Å². The van der Waals surface area contributed by atoms with Crippen molar-refractivity contribution >= 4 is 16.0 Å². The van der Waals surface area contributed by atoms with Crippen molar-refractivity contribution in [3.05, 3.63) is 29.8 Å². The lowest BCUT2D eigenvalue weighted by molar-refractivity contribution is -0.140. The van der Waals surface area contributed by atoms with Crippen LogP contribution in [0.15, 0.2) is 29.2 Å². The summed E-state index contributed by atoms with van der Waals surface area (Å²) in [4.78, 5) is 11.5. The van der Waals surface area contributed by atoms with Crippen LogP contribution in [0.3, 0.4) is 0 Å². The predicted octanol–water partition coefficient (Wildman–Crippen LogP) is 1.36. The van der Waals surface area contributed by atoms with E-state index in [1.54, 1.807) is 24.3 Å². The van der Waals surface area contributed by atoms with Crippen molar-refractivity contribution in [2.45, 2.75) is 30.7 Å². The number of sulfonamides is 1. The van der Waals surface area contributed by atoms with Crippen molar-refractivity contribution in [3.63, 3.8) is 0 Å². The van der Waals surface area contributed by atoms with Gasteiger partial charge < -0.3 is 4.74 Å². The normalized spacial score (nSPS) is 22.3. The first-order valence-corrected chi connectivity index (χ1v) is 7.51. The van der Waals surface area contributed by atoms with E-state index in [0.717, 1.165) is 9.87 Å². The summed E-state index contributed by atoms with van der Waals surface area (Å²) in [5, 5.41) is 0. The molecule has 1 aromatic rings. The van der Waals surface area contributed by atoms with E-state index < -0.39 is 22.0 Å². The van der Waals surface area contributed by atoms with Crippen LogP contribution in [0.5, 0.6) is 0 Å².